The van der Waals surface area contributed by atoms with Gasteiger partial charge >= 0.3 is 5.97 Å². The van der Waals surface area contributed by atoms with Gasteiger partial charge in [-0.2, -0.15) is 0 Å². The number of aryl methyl sites for hydroxylation is 2. The summed E-state index contributed by atoms with van der Waals surface area (Å²) >= 11 is 0. The molecule has 0 bridgehead atoms. The van der Waals surface area contributed by atoms with E-state index in [9.17, 15) is 4.79 Å². The average molecular weight is 220 g/mol. The molecule has 0 spiro atoms. The zero-order valence-corrected chi connectivity index (χ0v) is 10.5. The Labute approximate surface area is 97.6 Å². The summed E-state index contributed by atoms with van der Waals surface area (Å²) in [6, 6.07) is 6.38. The second-order valence-electron chi connectivity index (χ2n) is 4.27. The minimum atomic E-state index is -0.198. The van der Waals surface area contributed by atoms with Gasteiger partial charge in [-0.3, -0.25) is 4.79 Å². The molecule has 0 aliphatic rings. The summed E-state index contributed by atoms with van der Waals surface area (Å²) in [4.78, 5) is 10.9. The molecule has 0 saturated carbocycles. The molecule has 0 amide bonds. The highest BCUT2D eigenvalue weighted by atomic mass is 16.5. The largest absolute Gasteiger partial charge is 0.462 e. The molecule has 0 aromatic heterocycles. The van der Waals surface area contributed by atoms with Crippen LogP contribution in [0.3, 0.4) is 0 Å². The Morgan fingerprint density at radius 1 is 1.38 bits per heavy atom. The van der Waals surface area contributed by atoms with Crippen molar-refractivity contribution in [1.29, 1.82) is 0 Å². The molecular formula is C14H20O2. The van der Waals surface area contributed by atoms with Gasteiger partial charge in [-0.1, -0.05) is 30.7 Å². The normalized spacial score (nSPS) is 12.2. The number of ether oxygens (including phenoxy) is 1. The van der Waals surface area contributed by atoms with Crippen LogP contribution < -0.4 is 0 Å². The molecule has 0 radical (unpaired) electrons. The highest BCUT2D eigenvalue weighted by molar-refractivity contribution is 5.66. The topological polar surface area (TPSA) is 26.3 Å². The molecule has 88 valence electrons. The SMILES string of the molecule is CCC(Cc1ccc(C)cc1C)OC(C)=O. The molecule has 1 aromatic carbocycles. The van der Waals surface area contributed by atoms with E-state index in [4.69, 9.17) is 4.74 Å². The highest BCUT2D eigenvalue weighted by Crippen LogP contribution is 2.15. The minimum absolute atomic E-state index is 0.00101. The lowest BCUT2D eigenvalue weighted by Crippen LogP contribution is -2.18. The first-order valence-corrected chi connectivity index (χ1v) is 5.76. The summed E-state index contributed by atoms with van der Waals surface area (Å²) in [5, 5.41) is 0. The van der Waals surface area contributed by atoms with E-state index in [1.807, 2.05) is 6.92 Å². The number of hydrogen-bond acceptors (Lipinski definition) is 2. The molecule has 2 nitrogen and oxygen atoms in total. The van der Waals surface area contributed by atoms with Gasteiger partial charge in [0.2, 0.25) is 0 Å². The van der Waals surface area contributed by atoms with E-state index < -0.39 is 0 Å². The van der Waals surface area contributed by atoms with E-state index >= 15 is 0 Å². The van der Waals surface area contributed by atoms with Crippen molar-refractivity contribution in [2.24, 2.45) is 0 Å². The first-order valence-electron chi connectivity index (χ1n) is 5.76. The maximum Gasteiger partial charge on any atom is 0.302 e. The number of hydrogen-bond donors (Lipinski definition) is 0. The fourth-order valence-corrected chi connectivity index (χ4v) is 1.82. The third-order valence-electron chi connectivity index (χ3n) is 2.73. The van der Waals surface area contributed by atoms with Gasteiger partial charge in [0.25, 0.3) is 0 Å². The Morgan fingerprint density at radius 3 is 2.56 bits per heavy atom. The van der Waals surface area contributed by atoms with Crippen molar-refractivity contribution in [3.63, 3.8) is 0 Å². The number of rotatable bonds is 4. The van der Waals surface area contributed by atoms with Crippen LogP contribution >= 0.6 is 0 Å². The Kier molecular flexibility index (Phi) is 4.53. The lowest BCUT2D eigenvalue weighted by molar-refractivity contribution is -0.146. The van der Waals surface area contributed by atoms with Gasteiger partial charge < -0.3 is 4.74 Å². The number of carbonyl (C=O) groups excluding carboxylic acids is 1. The Balaban J connectivity index is 2.73. The van der Waals surface area contributed by atoms with Gasteiger partial charge in [-0.05, 0) is 31.4 Å². The van der Waals surface area contributed by atoms with E-state index in [0.29, 0.717) is 0 Å². The predicted molar refractivity (Wildman–Crippen MR) is 65.5 cm³/mol. The van der Waals surface area contributed by atoms with Crippen molar-refractivity contribution in [1.82, 2.24) is 0 Å². The summed E-state index contributed by atoms with van der Waals surface area (Å²) < 4.78 is 5.25. The van der Waals surface area contributed by atoms with Crippen LogP contribution in [-0.2, 0) is 16.0 Å². The van der Waals surface area contributed by atoms with Gasteiger partial charge in [0.15, 0.2) is 0 Å². The first-order chi connectivity index (χ1) is 7.52. The Morgan fingerprint density at radius 2 is 2.06 bits per heavy atom. The monoisotopic (exact) mass is 220 g/mol. The summed E-state index contributed by atoms with van der Waals surface area (Å²) in [6.45, 7) is 7.69. The van der Waals surface area contributed by atoms with Gasteiger partial charge in [0.05, 0.1) is 0 Å². The third-order valence-corrected chi connectivity index (χ3v) is 2.73. The second-order valence-corrected chi connectivity index (χ2v) is 4.27. The number of carbonyl (C=O) groups is 1. The molecule has 0 fully saturated rings. The zero-order chi connectivity index (χ0) is 12.1. The van der Waals surface area contributed by atoms with Crippen LogP contribution in [0.1, 0.15) is 37.0 Å². The van der Waals surface area contributed by atoms with Crippen LogP contribution in [0.25, 0.3) is 0 Å². The quantitative estimate of drug-likeness (QED) is 0.728. The predicted octanol–water partition coefficient (Wildman–Crippen LogP) is 3.19. The molecule has 16 heavy (non-hydrogen) atoms. The van der Waals surface area contributed by atoms with E-state index in [-0.39, 0.29) is 12.1 Å². The van der Waals surface area contributed by atoms with Crippen LogP contribution in [0.5, 0.6) is 0 Å². The lowest BCUT2D eigenvalue weighted by atomic mass is 9.99. The molecule has 1 atom stereocenters. The lowest BCUT2D eigenvalue weighted by Gasteiger charge is -2.16. The molecular weight excluding hydrogens is 200 g/mol. The number of benzene rings is 1. The van der Waals surface area contributed by atoms with Crippen molar-refractivity contribution in [2.75, 3.05) is 0 Å². The van der Waals surface area contributed by atoms with Crippen LogP contribution in [0.4, 0.5) is 0 Å². The fourth-order valence-electron chi connectivity index (χ4n) is 1.82. The second kappa shape index (κ2) is 5.69. The average Bonchev–Trinajstić information content (AvgIpc) is 2.20. The van der Waals surface area contributed by atoms with Crippen molar-refractivity contribution in [3.8, 4) is 0 Å². The van der Waals surface area contributed by atoms with E-state index in [1.54, 1.807) is 0 Å². The molecule has 0 N–H and O–H groups in total. The molecule has 0 aliphatic heterocycles. The molecule has 0 heterocycles. The summed E-state index contributed by atoms with van der Waals surface area (Å²) in [6.07, 6.45) is 1.66. The summed E-state index contributed by atoms with van der Waals surface area (Å²) in [5.74, 6) is -0.198. The minimum Gasteiger partial charge on any atom is -0.462 e. The maximum atomic E-state index is 10.9. The van der Waals surface area contributed by atoms with E-state index in [1.165, 1.54) is 23.6 Å². The molecule has 1 aromatic rings. The maximum absolute atomic E-state index is 10.9. The van der Waals surface area contributed by atoms with Crippen LogP contribution in [0.15, 0.2) is 18.2 Å². The van der Waals surface area contributed by atoms with Crippen LogP contribution in [-0.4, -0.2) is 12.1 Å². The van der Waals surface area contributed by atoms with Crippen molar-refractivity contribution >= 4 is 5.97 Å². The van der Waals surface area contributed by atoms with Crippen molar-refractivity contribution < 1.29 is 9.53 Å². The van der Waals surface area contributed by atoms with Crippen molar-refractivity contribution in [2.45, 2.75) is 46.6 Å². The number of esters is 1. The van der Waals surface area contributed by atoms with Gasteiger partial charge in [0.1, 0.15) is 6.10 Å². The zero-order valence-electron chi connectivity index (χ0n) is 10.5. The molecule has 0 aliphatic carbocycles. The molecule has 0 saturated heterocycles. The smallest absolute Gasteiger partial charge is 0.302 e. The van der Waals surface area contributed by atoms with Gasteiger partial charge in [-0.15, -0.1) is 0 Å². The standard InChI is InChI=1S/C14H20O2/c1-5-14(16-12(4)15)9-13-7-6-10(2)8-11(13)3/h6-8,14H,5,9H2,1-4H3. The van der Waals surface area contributed by atoms with Gasteiger partial charge in [-0.25, -0.2) is 0 Å². The molecule has 1 unspecified atom stereocenters. The first kappa shape index (κ1) is 12.8. The molecule has 1 rings (SSSR count). The van der Waals surface area contributed by atoms with Crippen LogP contribution in [0, 0.1) is 13.8 Å². The van der Waals surface area contributed by atoms with Crippen LogP contribution in [0.2, 0.25) is 0 Å². The van der Waals surface area contributed by atoms with Gasteiger partial charge in [0, 0.05) is 13.3 Å². The third kappa shape index (κ3) is 3.69. The highest BCUT2D eigenvalue weighted by Gasteiger charge is 2.11. The summed E-state index contributed by atoms with van der Waals surface area (Å²) in [5.41, 5.74) is 3.80. The molecule has 2 heteroatoms. The van der Waals surface area contributed by atoms with E-state index in [2.05, 4.69) is 32.0 Å². The van der Waals surface area contributed by atoms with Crippen molar-refractivity contribution in [3.05, 3.63) is 34.9 Å². The fraction of sp³-hybridized carbons (Fsp3) is 0.500. The Hall–Kier alpha value is -1.31. The Bertz CT molecular complexity index is 369. The van der Waals surface area contributed by atoms with E-state index in [0.717, 1.165) is 12.8 Å². The summed E-state index contributed by atoms with van der Waals surface area (Å²) in [7, 11) is 0.